The van der Waals surface area contributed by atoms with Gasteiger partial charge in [0.2, 0.25) is 0 Å². The topological polar surface area (TPSA) is 186 Å². The van der Waals surface area contributed by atoms with Crippen molar-refractivity contribution >= 4 is 45.8 Å². The molecular weight excluding hydrogens is 564 g/mol. The largest absolute Gasteiger partial charge is 0.481 e. The van der Waals surface area contributed by atoms with Crippen LogP contribution in [-0.4, -0.2) is 58.9 Å². The van der Waals surface area contributed by atoms with E-state index in [0.717, 1.165) is 12.1 Å². The Labute approximate surface area is 253 Å². The van der Waals surface area contributed by atoms with Crippen molar-refractivity contribution in [3.05, 3.63) is 68.8 Å². The van der Waals surface area contributed by atoms with Gasteiger partial charge in [0.25, 0.3) is 0 Å². The lowest BCUT2D eigenvalue weighted by atomic mass is 9.85. The quantitative estimate of drug-likeness (QED) is 0.187. The Kier molecular flexibility index (Phi) is 7.92. The number of fused-ring (bicyclic) bond motifs is 8. The summed E-state index contributed by atoms with van der Waals surface area (Å²) in [6.45, 7) is 10.9. The van der Waals surface area contributed by atoms with Gasteiger partial charge in [-0.15, -0.1) is 0 Å². The molecule has 4 atom stereocenters. The molecule has 11 nitrogen and oxygen atoms in total. The van der Waals surface area contributed by atoms with Crippen LogP contribution in [0.4, 0.5) is 0 Å². The first-order chi connectivity index (χ1) is 20.7. The van der Waals surface area contributed by atoms with Gasteiger partial charge in [0, 0.05) is 63.8 Å². The van der Waals surface area contributed by atoms with Gasteiger partial charge in [0.05, 0.1) is 22.3 Å². The number of ketones is 1. The molecule has 11 heteroatoms. The normalized spacial score (nSPS) is 19.6. The number of aromatic amines is 2. The number of nitrogens with zero attached hydrogens (tertiary/aromatic N) is 2. The number of aliphatic carboxylic acids is 1. The first-order valence-electron chi connectivity index (χ1n) is 14.7. The van der Waals surface area contributed by atoms with Crippen molar-refractivity contribution in [2.45, 2.75) is 84.5 Å². The molecule has 3 aromatic heterocycles. The summed E-state index contributed by atoms with van der Waals surface area (Å²) in [6, 6.07) is 5.42. The van der Waals surface area contributed by atoms with Gasteiger partial charge in [0.1, 0.15) is 5.56 Å². The van der Waals surface area contributed by atoms with Crippen molar-refractivity contribution < 1.29 is 34.5 Å². The highest BCUT2D eigenvalue weighted by atomic mass is 16.4. The average Bonchev–Trinajstić information content (AvgIpc) is 3.60. The number of Topliss-reactive ketones (excluding diaryl/α,β-unsaturated/α-hetero) is 1. The molecule has 5 N–H and O–H groups in total. The van der Waals surface area contributed by atoms with Crippen LogP contribution >= 0.6 is 0 Å². The van der Waals surface area contributed by atoms with Crippen LogP contribution < -0.4 is 0 Å². The molecular formula is C33H36N4O7. The number of carbonyl (C=O) groups excluding carboxylic acids is 1. The Morgan fingerprint density at radius 1 is 0.750 bits per heavy atom. The Hall–Kier alpha value is -4.80. The number of aromatic carboxylic acids is 2. The molecule has 0 aliphatic carbocycles. The summed E-state index contributed by atoms with van der Waals surface area (Å²) >= 11 is 0. The standard InChI is InChI=1S/C33H36N4O7/c1-7-18-13(2)20-12-25-27(17(6)38)15(4)22(35-25)10-21-14(3)19(8-9-26(39)40)30(36-21)29(33(43)44)31-28(32(41)42)16(5)23(37-31)11-24(18)34-20/h10-14,18-19,35,37H,7-9H2,1-6H3,(H,39,40)(H,41,42)(H,43,44). The lowest BCUT2D eigenvalue weighted by Gasteiger charge is -2.16. The van der Waals surface area contributed by atoms with E-state index in [1.807, 2.05) is 26.8 Å². The van der Waals surface area contributed by atoms with Gasteiger partial charge in [-0.1, -0.05) is 20.8 Å². The minimum atomic E-state index is -1.38. The molecule has 0 aromatic carbocycles. The molecule has 2 aliphatic rings. The number of aryl methyl sites for hydroxylation is 2. The number of carboxylic acids is 3. The van der Waals surface area contributed by atoms with E-state index in [-0.39, 0.29) is 52.8 Å². The first kappa shape index (κ1) is 30.7. The van der Waals surface area contributed by atoms with Crippen LogP contribution in [-0.2, 0) is 4.79 Å². The third kappa shape index (κ3) is 5.06. The molecule has 230 valence electrons. The van der Waals surface area contributed by atoms with Crippen LogP contribution in [0.2, 0.25) is 0 Å². The highest BCUT2D eigenvalue weighted by Crippen LogP contribution is 2.43. The molecule has 0 amide bonds. The zero-order valence-electron chi connectivity index (χ0n) is 25.5. The molecule has 2 aliphatic heterocycles. The van der Waals surface area contributed by atoms with E-state index in [1.54, 1.807) is 19.1 Å². The van der Waals surface area contributed by atoms with E-state index in [9.17, 15) is 34.5 Å². The Bertz CT molecular complexity index is 1900. The second-order valence-electron chi connectivity index (χ2n) is 11.9. The highest BCUT2D eigenvalue weighted by Gasteiger charge is 2.35. The summed E-state index contributed by atoms with van der Waals surface area (Å²) in [5, 5.41) is 30.3. The monoisotopic (exact) mass is 600 g/mol. The van der Waals surface area contributed by atoms with Crippen LogP contribution in [0.1, 0.15) is 136 Å². The zero-order chi connectivity index (χ0) is 32.2. The fourth-order valence-corrected chi connectivity index (χ4v) is 6.84. The molecule has 5 heterocycles. The SMILES string of the molecule is CCC1c2cc3[nH]c(c(C(=O)O)c4nc(cc5[nH]c(cc(n2)C1C)c(C(C)=O)c5C)C(C)C4CCC(=O)O)c(C(=O)O)c3C. The highest BCUT2D eigenvalue weighted by molar-refractivity contribution is 6.08. The maximum Gasteiger partial charge on any atom is 0.339 e. The minimum Gasteiger partial charge on any atom is -0.481 e. The van der Waals surface area contributed by atoms with Gasteiger partial charge in [0.15, 0.2) is 5.78 Å². The van der Waals surface area contributed by atoms with E-state index >= 15 is 0 Å². The van der Waals surface area contributed by atoms with E-state index in [2.05, 4.69) is 16.9 Å². The number of hydrogen-bond acceptors (Lipinski definition) is 6. The van der Waals surface area contributed by atoms with E-state index in [4.69, 9.17) is 9.97 Å². The van der Waals surface area contributed by atoms with Gasteiger partial charge in [-0.05, 0) is 62.9 Å². The predicted octanol–water partition coefficient (Wildman–Crippen LogP) is 6.58. The van der Waals surface area contributed by atoms with E-state index in [1.165, 1.54) is 6.92 Å². The van der Waals surface area contributed by atoms with Crippen molar-refractivity contribution in [2.75, 3.05) is 0 Å². The number of aromatic nitrogens is 4. The molecule has 5 rings (SSSR count). The van der Waals surface area contributed by atoms with Crippen LogP contribution in [0, 0.1) is 13.8 Å². The fraction of sp³-hybridized carbons (Fsp3) is 0.394. The molecule has 0 saturated heterocycles. The molecule has 0 spiro atoms. The second kappa shape index (κ2) is 11.4. The third-order valence-corrected chi connectivity index (χ3v) is 9.26. The summed E-state index contributed by atoms with van der Waals surface area (Å²) in [5.41, 5.74) is 4.70. The first-order valence-corrected chi connectivity index (χ1v) is 14.7. The summed E-state index contributed by atoms with van der Waals surface area (Å²) in [4.78, 5) is 66.1. The second-order valence-corrected chi connectivity index (χ2v) is 11.9. The summed E-state index contributed by atoms with van der Waals surface area (Å²) < 4.78 is 0. The summed E-state index contributed by atoms with van der Waals surface area (Å²) in [5.74, 6) is -4.86. The van der Waals surface area contributed by atoms with Crippen LogP contribution in [0.3, 0.4) is 0 Å². The zero-order valence-corrected chi connectivity index (χ0v) is 25.5. The smallest absolute Gasteiger partial charge is 0.339 e. The molecule has 4 unspecified atom stereocenters. The molecule has 0 radical (unpaired) electrons. The molecule has 3 aromatic rings. The maximum absolute atomic E-state index is 13.0. The van der Waals surface area contributed by atoms with Crippen molar-refractivity contribution in [2.24, 2.45) is 0 Å². The lowest BCUT2D eigenvalue weighted by molar-refractivity contribution is -0.137. The Morgan fingerprint density at radius 2 is 1.30 bits per heavy atom. The van der Waals surface area contributed by atoms with Crippen LogP contribution in [0.15, 0.2) is 18.2 Å². The number of carbonyl (C=O) groups is 4. The van der Waals surface area contributed by atoms with Gasteiger partial charge in [-0.2, -0.15) is 0 Å². The van der Waals surface area contributed by atoms with Gasteiger partial charge in [-0.25, -0.2) is 9.59 Å². The average molecular weight is 601 g/mol. The van der Waals surface area contributed by atoms with Crippen molar-refractivity contribution in [1.29, 1.82) is 0 Å². The predicted molar refractivity (Wildman–Crippen MR) is 164 cm³/mol. The third-order valence-electron chi connectivity index (χ3n) is 9.26. The fourth-order valence-electron chi connectivity index (χ4n) is 6.84. The summed E-state index contributed by atoms with van der Waals surface area (Å²) in [6.07, 6.45) is 0.615. The number of nitrogens with one attached hydrogen (secondary N) is 2. The summed E-state index contributed by atoms with van der Waals surface area (Å²) in [7, 11) is 0. The molecule has 0 fully saturated rings. The maximum atomic E-state index is 13.0. The van der Waals surface area contributed by atoms with Crippen LogP contribution in [0.5, 0.6) is 0 Å². The number of rotatable bonds is 7. The Balaban J connectivity index is 2.04. The number of carboxylic acid groups (broad SMARTS) is 3. The van der Waals surface area contributed by atoms with Crippen molar-refractivity contribution in [1.82, 2.24) is 19.9 Å². The van der Waals surface area contributed by atoms with Gasteiger partial charge < -0.3 is 25.3 Å². The van der Waals surface area contributed by atoms with Crippen LogP contribution in [0.25, 0.3) is 22.1 Å². The van der Waals surface area contributed by atoms with Gasteiger partial charge >= 0.3 is 17.9 Å². The molecule has 44 heavy (non-hydrogen) atoms. The van der Waals surface area contributed by atoms with Gasteiger partial charge in [-0.3, -0.25) is 19.6 Å². The minimum absolute atomic E-state index is 0.000604. The molecule has 8 bridgehead atoms. The van der Waals surface area contributed by atoms with Crippen molar-refractivity contribution in [3.63, 3.8) is 0 Å². The van der Waals surface area contributed by atoms with Crippen molar-refractivity contribution in [3.8, 4) is 0 Å². The lowest BCUT2D eigenvalue weighted by Crippen LogP contribution is -2.11. The number of hydrogen-bond donors (Lipinski definition) is 5. The number of H-pyrrole nitrogens is 2. The van der Waals surface area contributed by atoms with E-state index < -0.39 is 29.7 Å². The molecule has 0 saturated carbocycles. The Morgan fingerprint density at radius 3 is 1.89 bits per heavy atom. The van der Waals surface area contributed by atoms with E-state index in [0.29, 0.717) is 44.6 Å².